The maximum atomic E-state index is 12.8. The Labute approximate surface area is 120 Å². The fourth-order valence-corrected chi connectivity index (χ4v) is 4.10. The first-order valence-electron chi connectivity index (χ1n) is 6.66. The summed E-state index contributed by atoms with van der Waals surface area (Å²) in [6.07, 6.45) is 0.261. The molecule has 0 aliphatic carbocycles. The van der Waals surface area contributed by atoms with Gasteiger partial charge in [0.15, 0.2) is 0 Å². The fraction of sp³-hybridized carbons (Fsp3) is 0.571. The molecule has 0 amide bonds. The zero-order chi connectivity index (χ0) is 14.9. The largest absolute Gasteiger partial charge is 0.495 e. The molecule has 20 heavy (non-hydrogen) atoms. The Bertz CT molecular complexity index is 597. The zero-order valence-electron chi connectivity index (χ0n) is 12.3. The lowest BCUT2D eigenvalue weighted by Gasteiger charge is -2.32. The van der Waals surface area contributed by atoms with E-state index in [1.165, 1.54) is 11.4 Å². The van der Waals surface area contributed by atoms with Crippen LogP contribution in [-0.4, -0.2) is 39.2 Å². The topological polar surface area (TPSA) is 55.8 Å². The number of sulfonamides is 1. The molecule has 1 aromatic rings. The summed E-state index contributed by atoms with van der Waals surface area (Å²) in [7, 11) is -2.12. The molecule has 1 fully saturated rings. The maximum absolute atomic E-state index is 12.8. The van der Waals surface area contributed by atoms with Crippen molar-refractivity contribution in [1.29, 1.82) is 0 Å². The van der Waals surface area contributed by atoms with Crippen LogP contribution in [0.25, 0.3) is 0 Å². The molecule has 0 radical (unpaired) electrons. The van der Waals surface area contributed by atoms with Crippen LogP contribution in [0.15, 0.2) is 17.0 Å². The summed E-state index contributed by atoms with van der Waals surface area (Å²) in [4.78, 5) is 0.209. The van der Waals surface area contributed by atoms with E-state index < -0.39 is 16.3 Å². The van der Waals surface area contributed by atoms with Crippen molar-refractivity contribution in [2.24, 2.45) is 0 Å². The van der Waals surface area contributed by atoms with Gasteiger partial charge in [0.05, 0.1) is 7.11 Å². The summed E-state index contributed by atoms with van der Waals surface area (Å²) in [5.41, 5.74) is 1.93. The van der Waals surface area contributed by atoms with E-state index in [9.17, 15) is 8.42 Å². The Hall–Kier alpha value is -1.11. The first-order valence-corrected chi connectivity index (χ1v) is 8.10. The minimum absolute atomic E-state index is 0.209. The fourth-order valence-electron chi connectivity index (χ4n) is 2.31. The zero-order valence-corrected chi connectivity index (χ0v) is 13.2. The highest BCUT2D eigenvalue weighted by atomic mass is 32.2. The molecule has 1 aromatic carbocycles. The molecule has 2 rings (SSSR count). The van der Waals surface area contributed by atoms with Gasteiger partial charge < -0.3 is 9.47 Å². The molecule has 1 heterocycles. The molecule has 0 spiro atoms. The van der Waals surface area contributed by atoms with Crippen molar-refractivity contribution in [3.8, 4) is 5.75 Å². The van der Waals surface area contributed by atoms with Crippen molar-refractivity contribution in [1.82, 2.24) is 4.31 Å². The predicted octanol–water partition coefficient (Wildman–Crippen LogP) is 2.07. The Morgan fingerprint density at radius 1 is 1.30 bits per heavy atom. The first kappa shape index (κ1) is 15.3. The third-order valence-corrected chi connectivity index (χ3v) is 5.63. The van der Waals surface area contributed by atoms with Gasteiger partial charge in [-0.05, 0) is 50.5 Å². The SMILES string of the molecule is COc1cc(C)c(C)cc1S(=O)(=O)N1CCCOC1C. The van der Waals surface area contributed by atoms with Crippen molar-refractivity contribution in [3.63, 3.8) is 0 Å². The maximum Gasteiger partial charge on any atom is 0.248 e. The molecule has 6 heteroatoms. The highest BCUT2D eigenvalue weighted by molar-refractivity contribution is 7.89. The third-order valence-electron chi connectivity index (χ3n) is 3.65. The monoisotopic (exact) mass is 299 g/mol. The minimum Gasteiger partial charge on any atom is -0.495 e. The third kappa shape index (κ3) is 2.68. The normalized spacial score (nSPS) is 20.9. The second-order valence-corrected chi connectivity index (χ2v) is 6.89. The van der Waals surface area contributed by atoms with Crippen LogP contribution in [0.3, 0.4) is 0 Å². The number of hydrogen-bond donors (Lipinski definition) is 0. The van der Waals surface area contributed by atoms with Crippen LogP contribution in [0.4, 0.5) is 0 Å². The smallest absolute Gasteiger partial charge is 0.248 e. The van der Waals surface area contributed by atoms with Crippen LogP contribution in [0.1, 0.15) is 24.5 Å². The van der Waals surface area contributed by atoms with Crippen molar-refractivity contribution >= 4 is 10.0 Å². The number of hydrogen-bond acceptors (Lipinski definition) is 4. The Balaban J connectivity index is 2.51. The first-order chi connectivity index (χ1) is 9.37. The lowest BCUT2D eigenvalue weighted by Crippen LogP contribution is -2.44. The summed E-state index contributed by atoms with van der Waals surface area (Å²) in [5.74, 6) is 0.380. The van der Waals surface area contributed by atoms with Crippen LogP contribution in [-0.2, 0) is 14.8 Å². The summed E-state index contributed by atoms with van der Waals surface area (Å²) in [6, 6.07) is 3.43. The van der Waals surface area contributed by atoms with Gasteiger partial charge in [-0.2, -0.15) is 4.31 Å². The van der Waals surface area contributed by atoms with Gasteiger partial charge in [0, 0.05) is 13.2 Å². The molecule has 1 saturated heterocycles. The van der Waals surface area contributed by atoms with E-state index in [2.05, 4.69) is 0 Å². The Morgan fingerprint density at radius 3 is 2.55 bits per heavy atom. The summed E-state index contributed by atoms with van der Waals surface area (Å²) in [6.45, 7) is 6.64. The van der Waals surface area contributed by atoms with E-state index in [1.54, 1.807) is 19.1 Å². The van der Waals surface area contributed by atoms with Gasteiger partial charge in [0.2, 0.25) is 10.0 Å². The van der Waals surface area contributed by atoms with Crippen LogP contribution in [0.5, 0.6) is 5.75 Å². The number of methoxy groups -OCH3 is 1. The van der Waals surface area contributed by atoms with Gasteiger partial charge in [-0.25, -0.2) is 8.42 Å². The van der Waals surface area contributed by atoms with Crippen LogP contribution in [0, 0.1) is 13.8 Å². The molecule has 1 aliphatic heterocycles. The van der Waals surface area contributed by atoms with E-state index >= 15 is 0 Å². The summed E-state index contributed by atoms with van der Waals surface area (Å²) < 4.78 is 37.7. The van der Waals surface area contributed by atoms with Crippen LogP contribution >= 0.6 is 0 Å². The van der Waals surface area contributed by atoms with Crippen molar-refractivity contribution in [2.75, 3.05) is 20.3 Å². The number of aryl methyl sites for hydroxylation is 2. The van der Waals surface area contributed by atoms with Crippen molar-refractivity contribution in [3.05, 3.63) is 23.3 Å². The van der Waals surface area contributed by atoms with Gasteiger partial charge in [0.1, 0.15) is 16.9 Å². The second-order valence-electron chi connectivity index (χ2n) is 5.03. The molecular weight excluding hydrogens is 278 g/mol. The Kier molecular flexibility index (Phi) is 4.36. The van der Waals surface area contributed by atoms with Gasteiger partial charge >= 0.3 is 0 Å². The summed E-state index contributed by atoms with van der Waals surface area (Å²) >= 11 is 0. The average molecular weight is 299 g/mol. The predicted molar refractivity (Wildman–Crippen MR) is 76.4 cm³/mol. The van der Waals surface area contributed by atoms with Gasteiger partial charge in [-0.3, -0.25) is 0 Å². The van der Waals surface area contributed by atoms with E-state index in [1.807, 2.05) is 13.8 Å². The Morgan fingerprint density at radius 2 is 1.95 bits per heavy atom. The minimum atomic E-state index is -3.61. The lowest BCUT2D eigenvalue weighted by molar-refractivity contribution is -0.0411. The van der Waals surface area contributed by atoms with Crippen molar-refractivity contribution < 1.29 is 17.9 Å². The highest BCUT2D eigenvalue weighted by Crippen LogP contribution is 2.31. The highest BCUT2D eigenvalue weighted by Gasteiger charge is 2.34. The average Bonchev–Trinajstić information content (AvgIpc) is 2.41. The number of benzene rings is 1. The molecule has 0 aromatic heterocycles. The second kappa shape index (κ2) is 5.71. The standard InChI is InChI=1S/C14H21NO4S/c1-10-8-13(18-4)14(9-11(10)2)20(16,17)15-6-5-7-19-12(15)3/h8-9,12H,5-7H2,1-4H3. The number of ether oxygens (including phenoxy) is 2. The quantitative estimate of drug-likeness (QED) is 0.857. The molecule has 1 aliphatic rings. The number of nitrogens with zero attached hydrogens (tertiary/aromatic N) is 1. The van der Waals surface area contributed by atoms with Crippen LogP contribution < -0.4 is 4.74 Å². The van der Waals surface area contributed by atoms with Gasteiger partial charge in [-0.15, -0.1) is 0 Å². The van der Waals surface area contributed by atoms with Gasteiger partial charge in [-0.1, -0.05) is 0 Å². The molecule has 1 atom stereocenters. The molecule has 5 nitrogen and oxygen atoms in total. The molecule has 1 unspecified atom stereocenters. The summed E-state index contributed by atoms with van der Waals surface area (Å²) in [5, 5.41) is 0. The van der Waals surface area contributed by atoms with E-state index in [0.29, 0.717) is 25.3 Å². The number of rotatable bonds is 3. The molecule has 0 bridgehead atoms. The molecule has 112 valence electrons. The van der Waals surface area contributed by atoms with E-state index in [0.717, 1.165) is 11.1 Å². The van der Waals surface area contributed by atoms with Gasteiger partial charge in [0.25, 0.3) is 0 Å². The molecular formula is C14H21NO4S. The van der Waals surface area contributed by atoms with E-state index in [4.69, 9.17) is 9.47 Å². The molecule has 0 saturated carbocycles. The van der Waals surface area contributed by atoms with E-state index in [-0.39, 0.29) is 4.90 Å². The lowest BCUT2D eigenvalue weighted by atomic mass is 10.1. The van der Waals surface area contributed by atoms with Crippen LogP contribution in [0.2, 0.25) is 0 Å². The molecule has 0 N–H and O–H groups in total. The van der Waals surface area contributed by atoms with Crippen molar-refractivity contribution in [2.45, 2.75) is 38.3 Å².